The van der Waals surface area contributed by atoms with Gasteiger partial charge in [-0.15, -0.1) is 0 Å². The van der Waals surface area contributed by atoms with Crippen molar-refractivity contribution in [3.63, 3.8) is 0 Å². The van der Waals surface area contributed by atoms with Crippen LogP contribution < -0.4 is 0 Å². The van der Waals surface area contributed by atoms with E-state index in [0.29, 0.717) is 36.2 Å². The Labute approximate surface area is 212 Å². The van der Waals surface area contributed by atoms with Crippen LogP contribution in [0.25, 0.3) is 0 Å². The van der Waals surface area contributed by atoms with Crippen LogP contribution >= 0.6 is 0 Å². The molecule has 6 nitrogen and oxygen atoms in total. The highest BCUT2D eigenvalue weighted by Crippen LogP contribution is 2.65. The zero-order valence-electron chi connectivity index (χ0n) is 25.1. The van der Waals surface area contributed by atoms with Crippen molar-refractivity contribution in [2.45, 2.75) is 119 Å². The van der Waals surface area contributed by atoms with Crippen molar-refractivity contribution in [2.24, 2.45) is 29.1 Å². The first kappa shape index (κ1) is 29.9. The number of hydrogen-bond donors (Lipinski definition) is 0. The van der Waals surface area contributed by atoms with Crippen LogP contribution in [0.5, 0.6) is 0 Å². The predicted octanol–water partition coefficient (Wildman–Crippen LogP) is 5.63. The van der Waals surface area contributed by atoms with Crippen molar-refractivity contribution in [2.75, 3.05) is 7.11 Å². The Hall–Kier alpha value is -0.335. The van der Waals surface area contributed by atoms with E-state index in [4.69, 9.17) is 29.4 Å². The minimum atomic E-state index is -0.583. The van der Waals surface area contributed by atoms with Crippen LogP contribution in [0.3, 0.4) is 0 Å². The maximum atomic E-state index is 9.11. The maximum Gasteiger partial charge on any atom is 0.454 e. The molecule has 196 valence electrons. The smallest absolute Gasteiger partial charge is 0.439 e. The van der Waals surface area contributed by atoms with Gasteiger partial charge in [0.25, 0.3) is 6.92 Å². The van der Waals surface area contributed by atoms with Crippen molar-refractivity contribution in [1.82, 2.24) is 0 Å². The first-order valence-corrected chi connectivity index (χ1v) is 13.1. The molecular formula is C25H51B3O6. The highest BCUT2D eigenvalue weighted by molar-refractivity contribution is 6.48. The molecule has 9 heteroatoms. The molecule has 5 rings (SSSR count). The van der Waals surface area contributed by atoms with Crippen LogP contribution in [0.2, 0.25) is 27.3 Å². The molecule has 0 N–H and O–H groups in total. The summed E-state index contributed by atoms with van der Waals surface area (Å²) in [4.78, 5) is 9.11. The van der Waals surface area contributed by atoms with Crippen molar-refractivity contribution < 1.29 is 29.4 Å². The van der Waals surface area contributed by atoms with Gasteiger partial charge >= 0.3 is 14.2 Å². The van der Waals surface area contributed by atoms with E-state index in [0.717, 1.165) is 5.92 Å². The number of carbonyl (C=O) groups is 1. The minimum Gasteiger partial charge on any atom is -0.439 e. The molecule has 5 aliphatic rings. The highest BCUT2D eigenvalue weighted by Gasteiger charge is 2.67. The second-order valence-corrected chi connectivity index (χ2v) is 11.8. The predicted molar refractivity (Wildman–Crippen MR) is 143 cm³/mol. The Kier molecular flexibility index (Phi) is 11.7. The van der Waals surface area contributed by atoms with E-state index in [1.807, 2.05) is 27.3 Å². The summed E-state index contributed by atoms with van der Waals surface area (Å²) in [6, 6.07) is 0. The van der Waals surface area contributed by atoms with Gasteiger partial charge in [0.2, 0.25) is 0 Å². The zero-order chi connectivity index (χ0) is 27.3. The molecule has 3 saturated carbocycles. The molecule has 5 fully saturated rings. The molecule has 2 saturated heterocycles. The van der Waals surface area contributed by atoms with Gasteiger partial charge < -0.3 is 28.1 Å². The van der Waals surface area contributed by atoms with Crippen molar-refractivity contribution in [3.05, 3.63) is 0 Å². The van der Waals surface area contributed by atoms with Gasteiger partial charge in [-0.3, -0.25) is 0 Å². The van der Waals surface area contributed by atoms with Crippen LogP contribution in [0.1, 0.15) is 69.6 Å². The molecule has 0 amide bonds. The minimum absolute atomic E-state index is 0.000139. The highest BCUT2D eigenvalue weighted by atomic mass is 16.7. The molecular weight excluding hydrogens is 429 g/mol. The summed E-state index contributed by atoms with van der Waals surface area (Å²) in [7, 11) is 1.68. The standard InChI is InChI=1S/C11H19BO2.C9H19BO2.C3H9BO.C2H4O/c1-10(2)7-5-8(10)11(3)9(6-7)13-12(4)14-11;1-6(2)8-9(7(3)4)12-10(5)11-8;1-4(2)5-3;1-2-3/h7-9H,5-6H2,1-4H3;6-9H,1-5H3;1-3H3;2H,1H3/i;;;2T. The van der Waals surface area contributed by atoms with Gasteiger partial charge in [0.05, 0.1) is 23.9 Å². The van der Waals surface area contributed by atoms with E-state index in [1.54, 1.807) is 7.11 Å². The summed E-state index contributed by atoms with van der Waals surface area (Å²) in [6.07, 6.45) is 2.87. The van der Waals surface area contributed by atoms with Gasteiger partial charge in [0.15, 0.2) is 0 Å². The molecule has 0 aromatic heterocycles. The summed E-state index contributed by atoms with van der Waals surface area (Å²) < 4.78 is 33.9. The van der Waals surface area contributed by atoms with E-state index >= 15 is 0 Å². The third-order valence-corrected chi connectivity index (χ3v) is 7.88. The molecule has 2 bridgehead atoms. The summed E-state index contributed by atoms with van der Waals surface area (Å²) in [5, 5.41) is 0. The third kappa shape index (κ3) is 7.58. The Balaban J connectivity index is 0.000000265. The van der Waals surface area contributed by atoms with Crippen molar-refractivity contribution in [1.29, 1.82) is 0 Å². The molecule has 6 atom stereocenters. The molecule has 0 aromatic carbocycles. The van der Waals surface area contributed by atoms with Crippen LogP contribution in [0.4, 0.5) is 0 Å². The fourth-order valence-corrected chi connectivity index (χ4v) is 5.77. The summed E-state index contributed by atoms with van der Waals surface area (Å²) in [5.41, 5.74) is 0.469. The molecule has 3 aliphatic carbocycles. The lowest BCUT2D eigenvalue weighted by Crippen LogP contribution is -2.65. The fraction of sp³-hybridized carbons (Fsp3) is 0.960. The van der Waals surface area contributed by atoms with Crippen LogP contribution in [-0.4, -0.2) is 58.4 Å². The van der Waals surface area contributed by atoms with Crippen molar-refractivity contribution >= 4 is 27.4 Å². The summed E-state index contributed by atoms with van der Waals surface area (Å²) >= 11 is 0. The van der Waals surface area contributed by atoms with E-state index in [2.05, 4.69) is 48.5 Å². The Morgan fingerprint density at radius 1 is 1.00 bits per heavy atom. The van der Waals surface area contributed by atoms with E-state index in [1.165, 1.54) is 19.8 Å². The SMILES string of the molecule is CB1OC(C(C)C)C(C(C)C)O1.CB1OC2CC3CC(C3(C)C)C2(C)O1.COB(C)C.[3H]C(C)=O. The number of carbonyl (C=O) groups excluding carboxylic acids is 1. The van der Waals surface area contributed by atoms with Gasteiger partial charge in [-0.2, -0.15) is 0 Å². The topological polar surface area (TPSA) is 63.2 Å². The summed E-state index contributed by atoms with van der Waals surface area (Å²) in [5.74, 6) is 2.65. The summed E-state index contributed by atoms with van der Waals surface area (Å²) in [6.45, 7) is 25.3. The quantitative estimate of drug-likeness (QED) is 0.384. The maximum absolute atomic E-state index is 9.11. The molecule has 6 unspecified atom stereocenters. The first-order valence-electron chi connectivity index (χ1n) is 13.6. The Morgan fingerprint density at radius 2 is 1.44 bits per heavy atom. The zero-order valence-corrected chi connectivity index (χ0v) is 24.1. The van der Waals surface area contributed by atoms with Gasteiger partial charge in [-0.25, -0.2) is 0 Å². The monoisotopic (exact) mass is 482 g/mol. The normalized spacial score (nSPS) is 35.0. The lowest BCUT2D eigenvalue weighted by atomic mass is 9.43. The van der Waals surface area contributed by atoms with Crippen LogP contribution in [0, 0.1) is 29.1 Å². The van der Waals surface area contributed by atoms with Crippen molar-refractivity contribution in [3.8, 4) is 0 Å². The van der Waals surface area contributed by atoms with Crippen LogP contribution in [0.15, 0.2) is 0 Å². The fourth-order valence-electron chi connectivity index (χ4n) is 5.77. The molecule has 2 aliphatic heterocycles. The Morgan fingerprint density at radius 3 is 1.79 bits per heavy atom. The van der Waals surface area contributed by atoms with Gasteiger partial charge in [0.1, 0.15) is 7.63 Å². The molecule has 34 heavy (non-hydrogen) atoms. The van der Waals surface area contributed by atoms with E-state index in [9.17, 15) is 0 Å². The lowest BCUT2D eigenvalue weighted by Gasteiger charge is -2.64. The molecule has 2 heterocycles. The second-order valence-electron chi connectivity index (χ2n) is 11.8. The number of hydrogen-bond acceptors (Lipinski definition) is 6. The van der Waals surface area contributed by atoms with Gasteiger partial charge in [-0.1, -0.05) is 55.2 Å². The lowest BCUT2D eigenvalue weighted by molar-refractivity contribution is -0.199. The van der Waals surface area contributed by atoms with E-state index in [-0.39, 0.29) is 32.0 Å². The van der Waals surface area contributed by atoms with Gasteiger partial charge in [-0.05, 0) is 69.4 Å². The average molecular weight is 482 g/mol. The number of aldehydes is 1. The Bertz CT molecular complexity index is 645. The number of rotatable bonds is 3. The second kappa shape index (κ2) is 13.3. The molecule has 0 spiro atoms. The van der Waals surface area contributed by atoms with E-state index < -0.39 is 6.26 Å². The first-order chi connectivity index (χ1) is 16.0. The molecule has 0 aromatic rings. The van der Waals surface area contributed by atoms with Gasteiger partial charge in [0, 0.05) is 7.11 Å². The third-order valence-electron chi connectivity index (χ3n) is 7.88. The van der Waals surface area contributed by atoms with Crippen LogP contribution in [-0.2, 0) is 28.1 Å². The average Bonchev–Trinajstić information content (AvgIpc) is 3.26. The largest absolute Gasteiger partial charge is 0.454 e. The molecule has 0 radical (unpaired) electrons.